The van der Waals surface area contributed by atoms with Crippen LogP contribution < -0.4 is 20.9 Å². The molecule has 0 amide bonds. The minimum absolute atomic E-state index is 0.0246. The number of sulfonamides is 2. The molecule has 2 aliphatic rings. The van der Waals surface area contributed by atoms with Crippen molar-refractivity contribution in [3.05, 3.63) is 41.7 Å². The van der Waals surface area contributed by atoms with Crippen LogP contribution in [-0.4, -0.2) is 58.4 Å². The van der Waals surface area contributed by atoms with Crippen LogP contribution in [0.5, 0.6) is 0 Å². The first-order valence-electron chi connectivity index (χ1n) is 11.2. The second kappa shape index (κ2) is 9.10. The molecule has 0 radical (unpaired) electrons. The van der Waals surface area contributed by atoms with E-state index in [1.54, 1.807) is 19.1 Å². The maximum Gasteiger partial charge on any atom is 0.242 e. The second-order valence-electron chi connectivity index (χ2n) is 8.65. The standard InChI is InChI=1S/C21H25N9O4S2/c1-11(22)20-27-15-4-2-3-14(18(15)28-20)13-5-6-16(36(33,34)30-12-7-8-24-9-12)19(35(23,31)32)17(13)21-25-10-26-29-21/h2-6,11-12,24,30H,7-10,22H2,1H3,(H,27,28)(H2,23,31,32)/t11-,12+/m0/s1. The number of aliphatic imine (C=N–C) groups is 1. The van der Waals surface area contributed by atoms with E-state index in [0.29, 0.717) is 47.5 Å². The Labute approximate surface area is 207 Å². The SMILES string of the molecule is C[C@H](N)c1nc2c(-c3ccc(S(=O)(=O)N[C@@H]4CCNC4)c(S(N)(=O)=O)c3C3=NCN=N3)cccc2[nH]1. The Hall–Kier alpha value is -3.08. The van der Waals surface area contributed by atoms with Gasteiger partial charge in [-0.05, 0) is 37.6 Å². The molecule has 0 aliphatic carbocycles. The molecule has 3 aromatic rings. The molecule has 3 heterocycles. The van der Waals surface area contributed by atoms with Gasteiger partial charge < -0.3 is 16.0 Å². The maximum atomic E-state index is 13.4. The van der Waals surface area contributed by atoms with Crippen molar-refractivity contribution in [3.8, 4) is 11.1 Å². The molecule has 36 heavy (non-hydrogen) atoms. The van der Waals surface area contributed by atoms with Crippen molar-refractivity contribution < 1.29 is 16.8 Å². The number of hydrogen-bond donors (Lipinski definition) is 5. The highest BCUT2D eigenvalue weighted by atomic mass is 32.2. The van der Waals surface area contributed by atoms with E-state index in [4.69, 9.17) is 10.9 Å². The fourth-order valence-corrected chi connectivity index (χ4v) is 7.26. The Kier molecular flexibility index (Phi) is 6.22. The Balaban J connectivity index is 1.81. The van der Waals surface area contributed by atoms with E-state index in [0.717, 1.165) is 0 Å². The number of nitrogens with zero attached hydrogens (tertiary/aromatic N) is 4. The molecule has 2 aliphatic heterocycles. The Morgan fingerprint density at radius 2 is 1.94 bits per heavy atom. The second-order valence-corrected chi connectivity index (χ2v) is 11.8. The number of rotatable bonds is 7. The first-order valence-corrected chi connectivity index (χ1v) is 14.2. The maximum absolute atomic E-state index is 13.4. The van der Waals surface area contributed by atoms with Gasteiger partial charge in [0.2, 0.25) is 20.0 Å². The Bertz CT molecular complexity index is 1620. The van der Waals surface area contributed by atoms with Gasteiger partial charge in [-0.1, -0.05) is 18.2 Å². The predicted octanol–water partition coefficient (Wildman–Crippen LogP) is 0.707. The van der Waals surface area contributed by atoms with Crippen LogP contribution >= 0.6 is 0 Å². The van der Waals surface area contributed by atoms with Crippen LogP contribution in [0.1, 0.15) is 30.8 Å². The van der Waals surface area contributed by atoms with Gasteiger partial charge in [-0.15, -0.1) is 5.11 Å². The van der Waals surface area contributed by atoms with Gasteiger partial charge in [0.25, 0.3) is 0 Å². The van der Waals surface area contributed by atoms with Crippen LogP contribution in [-0.2, 0) is 20.0 Å². The fourth-order valence-electron chi connectivity index (χ4n) is 4.38. The van der Waals surface area contributed by atoms with E-state index in [9.17, 15) is 16.8 Å². The molecule has 15 heteroatoms. The first-order chi connectivity index (χ1) is 17.1. The number of aromatic amines is 1. The number of aromatic nitrogens is 2. The van der Waals surface area contributed by atoms with Gasteiger partial charge in [-0.25, -0.2) is 36.7 Å². The van der Waals surface area contributed by atoms with Crippen LogP contribution in [0.4, 0.5) is 0 Å². The summed E-state index contributed by atoms with van der Waals surface area (Å²) in [5.74, 6) is 0.505. The van der Waals surface area contributed by atoms with Gasteiger partial charge in [0.05, 0.1) is 22.6 Å². The number of hydrogen-bond acceptors (Lipinski definition) is 10. The minimum atomic E-state index is -4.58. The van der Waals surface area contributed by atoms with Crippen molar-refractivity contribution in [1.82, 2.24) is 20.0 Å². The van der Waals surface area contributed by atoms with Crippen LogP contribution in [0, 0.1) is 0 Å². The van der Waals surface area contributed by atoms with Gasteiger partial charge in [0.15, 0.2) is 12.5 Å². The van der Waals surface area contributed by atoms with Crippen molar-refractivity contribution in [3.63, 3.8) is 0 Å². The molecule has 1 saturated heterocycles. The zero-order valence-electron chi connectivity index (χ0n) is 19.3. The van der Waals surface area contributed by atoms with Gasteiger partial charge in [0.1, 0.15) is 15.6 Å². The molecular weight excluding hydrogens is 506 g/mol. The number of H-pyrrole nitrogens is 1. The van der Waals surface area contributed by atoms with E-state index in [-0.39, 0.29) is 30.2 Å². The number of nitrogens with two attached hydrogens (primary N) is 2. The molecule has 0 spiro atoms. The number of benzene rings is 2. The summed E-state index contributed by atoms with van der Waals surface area (Å²) in [6.07, 6.45) is 0.568. The summed E-state index contributed by atoms with van der Waals surface area (Å²) in [6.45, 7) is 2.83. The average Bonchev–Trinajstić information content (AvgIpc) is 3.58. The lowest BCUT2D eigenvalue weighted by atomic mass is 9.97. The number of nitrogens with one attached hydrogen (secondary N) is 3. The zero-order chi connectivity index (χ0) is 25.7. The smallest absolute Gasteiger partial charge is 0.242 e. The van der Waals surface area contributed by atoms with Crippen molar-refractivity contribution in [2.24, 2.45) is 26.1 Å². The third kappa shape index (κ3) is 4.44. The molecule has 13 nitrogen and oxygen atoms in total. The van der Waals surface area contributed by atoms with Gasteiger partial charge in [-0.3, -0.25) is 0 Å². The highest BCUT2D eigenvalue weighted by molar-refractivity contribution is 7.92. The summed E-state index contributed by atoms with van der Waals surface area (Å²) in [4.78, 5) is 10.9. The largest absolute Gasteiger partial charge is 0.341 e. The molecular formula is C21H25N9O4S2. The van der Waals surface area contributed by atoms with E-state index in [1.807, 2.05) is 6.07 Å². The van der Waals surface area contributed by atoms with Crippen molar-refractivity contribution in [2.45, 2.75) is 35.2 Å². The molecule has 0 saturated carbocycles. The molecule has 1 fully saturated rings. The molecule has 2 atom stereocenters. The summed E-state index contributed by atoms with van der Waals surface area (Å²) < 4.78 is 55.3. The van der Waals surface area contributed by atoms with Gasteiger partial charge in [0, 0.05) is 18.2 Å². The molecule has 2 aromatic carbocycles. The quantitative estimate of drug-likeness (QED) is 0.294. The third-order valence-corrected chi connectivity index (χ3v) is 8.69. The van der Waals surface area contributed by atoms with E-state index >= 15 is 0 Å². The average molecular weight is 532 g/mol. The third-order valence-electron chi connectivity index (χ3n) is 6.00. The van der Waals surface area contributed by atoms with Crippen LogP contribution in [0.2, 0.25) is 0 Å². The number of imidazole rings is 1. The van der Waals surface area contributed by atoms with Crippen molar-refractivity contribution in [1.29, 1.82) is 0 Å². The number of azo groups is 1. The lowest BCUT2D eigenvalue weighted by Gasteiger charge is -2.19. The number of fused-ring (bicyclic) bond motifs is 1. The van der Waals surface area contributed by atoms with Crippen molar-refractivity contribution in [2.75, 3.05) is 19.8 Å². The lowest BCUT2D eigenvalue weighted by Crippen LogP contribution is -2.37. The minimum Gasteiger partial charge on any atom is -0.341 e. The number of primary sulfonamides is 1. The summed E-state index contributed by atoms with van der Waals surface area (Å²) in [6, 6.07) is 7.29. The topological polar surface area (TPSA) is 210 Å². The Morgan fingerprint density at radius 1 is 1.14 bits per heavy atom. The highest BCUT2D eigenvalue weighted by Gasteiger charge is 2.34. The molecule has 7 N–H and O–H groups in total. The number of para-hydroxylation sites is 1. The Morgan fingerprint density at radius 3 is 2.58 bits per heavy atom. The summed E-state index contributed by atoms with van der Waals surface area (Å²) >= 11 is 0. The van der Waals surface area contributed by atoms with E-state index in [1.165, 1.54) is 12.1 Å². The predicted molar refractivity (Wildman–Crippen MR) is 133 cm³/mol. The molecule has 0 bridgehead atoms. The van der Waals surface area contributed by atoms with Crippen LogP contribution in [0.15, 0.2) is 55.3 Å². The molecule has 5 rings (SSSR count). The summed E-state index contributed by atoms with van der Waals surface area (Å²) in [5.41, 5.74) is 8.00. The zero-order valence-corrected chi connectivity index (χ0v) is 20.9. The van der Waals surface area contributed by atoms with E-state index in [2.05, 4.69) is 35.2 Å². The molecule has 0 unspecified atom stereocenters. The highest BCUT2D eigenvalue weighted by Crippen LogP contribution is 2.37. The van der Waals surface area contributed by atoms with Gasteiger partial charge >= 0.3 is 0 Å². The van der Waals surface area contributed by atoms with E-state index < -0.39 is 29.8 Å². The van der Waals surface area contributed by atoms with Crippen molar-refractivity contribution >= 4 is 36.9 Å². The first kappa shape index (κ1) is 24.6. The van der Waals surface area contributed by atoms with Gasteiger partial charge in [-0.2, -0.15) is 5.11 Å². The molecule has 1 aromatic heterocycles. The monoisotopic (exact) mass is 531 g/mol. The summed E-state index contributed by atoms with van der Waals surface area (Å²) in [5, 5.41) is 16.5. The van der Waals surface area contributed by atoms with Crippen LogP contribution in [0.3, 0.4) is 0 Å². The molecule has 190 valence electrons. The normalized spacial score (nSPS) is 19.2. The lowest BCUT2D eigenvalue weighted by molar-refractivity contribution is 0.555. The van der Waals surface area contributed by atoms with Crippen LogP contribution in [0.25, 0.3) is 22.2 Å². The summed E-state index contributed by atoms with van der Waals surface area (Å²) in [7, 11) is -8.85. The number of amidine groups is 1. The fraction of sp³-hybridized carbons (Fsp3) is 0.333.